The Morgan fingerprint density at radius 1 is 1.17 bits per heavy atom. The summed E-state index contributed by atoms with van der Waals surface area (Å²) in [6, 6.07) is 12.8. The summed E-state index contributed by atoms with van der Waals surface area (Å²) in [5.41, 5.74) is 0.823. The standard InChI is InChI=1S/C19H15ClFN5O2S/c20-13-6-2-1-5-12(13)17-23-24-19(26(17)15-8-4-3-7-14(15)21)29-11-16(27)25-10-9-22-18(25)28/h1-8H,9-11H2,(H,22,28). The van der Waals surface area contributed by atoms with E-state index in [4.69, 9.17) is 11.6 Å². The number of halogens is 2. The largest absolute Gasteiger partial charge is 0.336 e. The van der Waals surface area contributed by atoms with Crippen LogP contribution in [0.2, 0.25) is 5.02 Å². The molecular formula is C19H15ClFN5O2S. The summed E-state index contributed by atoms with van der Waals surface area (Å²) >= 11 is 7.39. The van der Waals surface area contributed by atoms with Crippen LogP contribution in [0.15, 0.2) is 53.7 Å². The Bertz CT molecular complexity index is 1090. The van der Waals surface area contributed by atoms with E-state index in [1.54, 1.807) is 42.5 Å². The van der Waals surface area contributed by atoms with E-state index in [9.17, 15) is 14.0 Å². The van der Waals surface area contributed by atoms with E-state index >= 15 is 0 Å². The van der Waals surface area contributed by atoms with Crippen LogP contribution in [0.5, 0.6) is 0 Å². The van der Waals surface area contributed by atoms with Gasteiger partial charge in [0.1, 0.15) is 5.82 Å². The van der Waals surface area contributed by atoms with Crippen molar-refractivity contribution in [2.75, 3.05) is 18.8 Å². The van der Waals surface area contributed by atoms with Gasteiger partial charge in [-0.25, -0.2) is 9.18 Å². The van der Waals surface area contributed by atoms with Crippen LogP contribution < -0.4 is 5.32 Å². The van der Waals surface area contributed by atoms with Crippen LogP contribution in [0.1, 0.15) is 0 Å². The molecule has 0 radical (unpaired) electrons. The van der Waals surface area contributed by atoms with Crippen molar-refractivity contribution in [2.45, 2.75) is 5.16 Å². The van der Waals surface area contributed by atoms with E-state index in [-0.39, 0.29) is 17.3 Å². The van der Waals surface area contributed by atoms with Gasteiger partial charge in [-0.2, -0.15) is 0 Å². The Kier molecular flexibility index (Phi) is 5.50. The molecule has 3 aromatic rings. The normalized spacial score (nSPS) is 13.6. The summed E-state index contributed by atoms with van der Waals surface area (Å²) in [7, 11) is 0. The Hall–Kier alpha value is -2.91. The van der Waals surface area contributed by atoms with Crippen LogP contribution in [0.3, 0.4) is 0 Å². The monoisotopic (exact) mass is 431 g/mol. The summed E-state index contributed by atoms with van der Waals surface area (Å²) < 4.78 is 16.1. The lowest BCUT2D eigenvalue weighted by Gasteiger charge is -2.13. The average Bonchev–Trinajstić information content (AvgIpc) is 3.33. The molecule has 0 unspecified atom stereocenters. The van der Waals surface area contributed by atoms with Gasteiger partial charge < -0.3 is 5.32 Å². The van der Waals surface area contributed by atoms with E-state index in [0.29, 0.717) is 34.7 Å². The lowest BCUT2D eigenvalue weighted by Crippen LogP contribution is -2.35. The van der Waals surface area contributed by atoms with Gasteiger partial charge in [0.2, 0.25) is 5.91 Å². The van der Waals surface area contributed by atoms with E-state index in [1.807, 2.05) is 0 Å². The second kappa shape index (κ2) is 8.22. The van der Waals surface area contributed by atoms with Crippen molar-refractivity contribution in [2.24, 2.45) is 0 Å². The Morgan fingerprint density at radius 2 is 1.93 bits per heavy atom. The lowest BCUT2D eigenvalue weighted by atomic mass is 10.2. The summed E-state index contributed by atoms with van der Waals surface area (Å²) in [4.78, 5) is 25.2. The third kappa shape index (κ3) is 3.83. The maximum absolute atomic E-state index is 14.6. The molecule has 2 heterocycles. The zero-order chi connectivity index (χ0) is 20.4. The molecule has 3 amide bonds. The number of hydrogen-bond donors (Lipinski definition) is 1. The minimum absolute atomic E-state index is 0.0392. The fourth-order valence-electron chi connectivity index (χ4n) is 2.94. The van der Waals surface area contributed by atoms with Gasteiger partial charge in [-0.1, -0.05) is 47.6 Å². The van der Waals surface area contributed by atoms with Crippen LogP contribution in [0.25, 0.3) is 17.1 Å². The highest BCUT2D eigenvalue weighted by Crippen LogP contribution is 2.32. The molecule has 0 spiro atoms. The van der Waals surface area contributed by atoms with Gasteiger partial charge in [-0.05, 0) is 24.3 Å². The van der Waals surface area contributed by atoms with Gasteiger partial charge >= 0.3 is 6.03 Å². The highest BCUT2D eigenvalue weighted by molar-refractivity contribution is 7.99. The predicted octanol–water partition coefficient (Wildman–Crippen LogP) is 3.37. The molecular weight excluding hydrogens is 417 g/mol. The molecule has 0 aliphatic carbocycles. The van der Waals surface area contributed by atoms with Crippen LogP contribution in [-0.4, -0.2) is 50.4 Å². The van der Waals surface area contributed by atoms with Gasteiger partial charge in [0.25, 0.3) is 0 Å². The van der Waals surface area contributed by atoms with Gasteiger partial charge in [-0.3, -0.25) is 14.3 Å². The molecule has 1 aliphatic heterocycles. The number of urea groups is 1. The maximum atomic E-state index is 14.6. The minimum atomic E-state index is -0.465. The fourth-order valence-corrected chi connectivity index (χ4v) is 3.99. The molecule has 0 atom stereocenters. The summed E-state index contributed by atoms with van der Waals surface area (Å²) in [6.07, 6.45) is 0. The quantitative estimate of drug-likeness (QED) is 0.626. The number of nitrogens with zero attached hydrogens (tertiary/aromatic N) is 4. The number of rotatable bonds is 5. The van der Waals surface area contributed by atoms with Gasteiger partial charge in [0.05, 0.1) is 16.5 Å². The molecule has 148 valence electrons. The van der Waals surface area contributed by atoms with Crippen LogP contribution in [-0.2, 0) is 4.79 Å². The molecule has 2 aromatic carbocycles. The van der Waals surface area contributed by atoms with Crippen molar-refractivity contribution in [3.63, 3.8) is 0 Å². The summed E-state index contributed by atoms with van der Waals surface area (Å²) in [5.74, 6) is -0.502. The number of carbonyl (C=O) groups excluding carboxylic acids is 2. The molecule has 7 nitrogen and oxygen atoms in total. The summed E-state index contributed by atoms with van der Waals surface area (Å²) in [6.45, 7) is 0.750. The van der Waals surface area contributed by atoms with Crippen LogP contribution >= 0.6 is 23.4 Å². The highest BCUT2D eigenvalue weighted by Gasteiger charge is 2.27. The first-order chi connectivity index (χ1) is 14.1. The van der Waals surface area contributed by atoms with Crippen molar-refractivity contribution in [3.8, 4) is 17.1 Å². The second-order valence-corrected chi connectivity index (χ2v) is 7.49. The third-order valence-electron chi connectivity index (χ3n) is 4.32. The molecule has 29 heavy (non-hydrogen) atoms. The number of amides is 3. The molecule has 0 bridgehead atoms. The highest BCUT2D eigenvalue weighted by atomic mass is 35.5. The fraction of sp³-hybridized carbons (Fsp3) is 0.158. The van der Waals surface area contributed by atoms with Crippen molar-refractivity contribution in [1.82, 2.24) is 25.0 Å². The zero-order valence-corrected chi connectivity index (χ0v) is 16.6. The van der Waals surface area contributed by atoms with Gasteiger partial charge in [-0.15, -0.1) is 10.2 Å². The van der Waals surface area contributed by atoms with Gasteiger partial charge in [0, 0.05) is 18.7 Å². The van der Waals surface area contributed by atoms with Crippen molar-refractivity contribution >= 4 is 35.3 Å². The number of carbonyl (C=O) groups is 2. The van der Waals surface area contributed by atoms with E-state index in [1.165, 1.54) is 10.6 Å². The maximum Gasteiger partial charge on any atom is 0.324 e. The Balaban J connectivity index is 1.71. The number of nitrogens with one attached hydrogen (secondary N) is 1. The molecule has 0 saturated carbocycles. The number of thioether (sulfide) groups is 1. The number of benzene rings is 2. The molecule has 1 aromatic heterocycles. The first-order valence-electron chi connectivity index (χ1n) is 8.72. The Labute approximate surface area is 174 Å². The molecule has 4 rings (SSSR count). The minimum Gasteiger partial charge on any atom is -0.336 e. The molecule has 1 saturated heterocycles. The van der Waals surface area contributed by atoms with Crippen LogP contribution in [0.4, 0.5) is 9.18 Å². The van der Waals surface area contributed by atoms with Crippen LogP contribution in [0, 0.1) is 5.82 Å². The lowest BCUT2D eigenvalue weighted by molar-refractivity contribution is -0.124. The van der Waals surface area contributed by atoms with Crippen molar-refractivity contribution in [3.05, 3.63) is 59.4 Å². The topological polar surface area (TPSA) is 80.1 Å². The molecule has 1 fully saturated rings. The molecule has 1 aliphatic rings. The number of aromatic nitrogens is 3. The Morgan fingerprint density at radius 3 is 2.66 bits per heavy atom. The SMILES string of the molecule is O=C(CSc1nnc(-c2ccccc2Cl)n1-c1ccccc1F)N1CCNC1=O. The first-order valence-corrected chi connectivity index (χ1v) is 10.1. The number of hydrogen-bond acceptors (Lipinski definition) is 5. The predicted molar refractivity (Wildman–Crippen MR) is 108 cm³/mol. The third-order valence-corrected chi connectivity index (χ3v) is 5.57. The van der Waals surface area contributed by atoms with Crippen molar-refractivity contribution < 1.29 is 14.0 Å². The van der Waals surface area contributed by atoms with Gasteiger partial charge in [0.15, 0.2) is 11.0 Å². The number of imide groups is 1. The molecule has 10 heteroatoms. The second-order valence-electron chi connectivity index (χ2n) is 6.14. The van der Waals surface area contributed by atoms with E-state index in [2.05, 4.69) is 15.5 Å². The zero-order valence-electron chi connectivity index (χ0n) is 15.0. The smallest absolute Gasteiger partial charge is 0.324 e. The van der Waals surface area contributed by atoms with Crippen molar-refractivity contribution in [1.29, 1.82) is 0 Å². The first kappa shape index (κ1) is 19.4. The average molecular weight is 432 g/mol. The van der Waals surface area contributed by atoms with E-state index < -0.39 is 11.8 Å². The summed E-state index contributed by atoms with van der Waals surface area (Å²) in [5, 5.41) is 11.7. The molecule has 1 N–H and O–H groups in total. The van der Waals surface area contributed by atoms with E-state index in [0.717, 1.165) is 16.7 Å². The number of para-hydroxylation sites is 1.